The molecular formula is C56H69BrF4N4Si. The van der Waals surface area contributed by atoms with Gasteiger partial charge in [-0.2, -0.15) is 0 Å². The Kier molecular flexibility index (Phi) is 33.3. The number of alkyl halides is 4. The second-order valence-corrected chi connectivity index (χ2v) is 21.2. The topological polar surface area (TPSA) is 44.5 Å². The largest absolute Gasteiger partial charge is 0.365 e. The average Bonchev–Trinajstić information content (AvgIpc) is 3.36. The number of nitrogens with zero attached hydrogens (tertiary/aromatic N) is 2. The number of hydrogen-bond acceptors (Lipinski definition) is 4. The molecule has 3 N–H and O–H groups in total. The van der Waals surface area contributed by atoms with E-state index in [9.17, 15) is 17.6 Å². The van der Waals surface area contributed by atoms with Crippen LogP contribution in [0, 0.1) is 24.3 Å². The fourth-order valence-electron chi connectivity index (χ4n) is 5.34. The summed E-state index contributed by atoms with van der Waals surface area (Å²) in [4.78, 5) is 4.05. The van der Waals surface area contributed by atoms with Crippen LogP contribution in [0.4, 0.5) is 28.9 Å². The molecule has 0 saturated carbocycles. The monoisotopic (exact) mass is 980 g/mol. The Bertz CT molecular complexity index is 2110. The van der Waals surface area contributed by atoms with E-state index in [1.54, 1.807) is 6.92 Å². The van der Waals surface area contributed by atoms with Crippen LogP contribution < -0.4 is 20.9 Å². The molecule has 6 aromatic carbocycles. The molecular weight excluding hydrogens is 913 g/mol. The van der Waals surface area contributed by atoms with Crippen molar-refractivity contribution < 1.29 is 17.6 Å². The van der Waals surface area contributed by atoms with Crippen LogP contribution in [-0.4, -0.2) is 54.4 Å². The zero-order chi connectivity index (χ0) is 48.7. The van der Waals surface area contributed by atoms with E-state index in [1.807, 2.05) is 168 Å². The van der Waals surface area contributed by atoms with Crippen molar-refractivity contribution in [2.75, 3.05) is 56.1 Å². The van der Waals surface area contributed by atoms with Crippen molar-refractivity contribution >= 4 is 35.4 Å². The van der Waals surface area contributed by atoms with E-state index in [-0.39, 0.29) is 26.7 Å². The van der Waals surface area contributed by atoms with Crippen LogP contribution in [0.2, 0.25) is 19.6 Å². The van der Waals surface area contributed by atoms with E-state index in [1.165, 1.54) is 16.7 Å². The summed E-state index contributed by atoms with van der Waals surface area (Å²) in [5.41, 5.74) is 15.7. The molecule has 0 saturated heterocycles. The van der Waals surface area contributed by atoms with Crippen LogP contribution in [0.25, 0.3) is 0 Å². The molecule has 4 nitrogen and oxygen atoms in total. The molecule has 6 aromatic rings. The van der Waals surface area contributed by atoms with Gasteiger partial charge in [0.05, 0.1) is 6.67 Å². The number of terminal acetylenes is 2. The van der Waals surface area contributed by atoms with Gasteiger partial charge in [0.1, 0.15) is 28.1 Å². The highest BCUT2D eigenvalue weighted by molar-refractivity contribution is 9.10. The highest BCUT2D eigenvalue weighted by atomic mass is 79.9. The third-order valence-electron chi connectivity index (χ3n) is 8.88. The number of rotatable bonds is 16. The van der Waals surface area contributed by atoms with Gasteiger partial charge in [-0.1, -0.05) is 170 Å². The molecule has 0 aromatic heterocycles. The second kappa shape index (κ2) is 37.6. The lowest BCUT2D eigenvalue weighted by Crippen LogP contribution is -2.25. The molecule has 0 radical (unpaired) electrons. The lowest BCUT2D eigenvalue weighted by molar-refractivity contribution is 0.467. The first kappa shape index (κ1) is 58.4. The number of halogens is 5. The summed E-state index contributed by atoms with van der Waals surface area (Å²) in [5, 5.41) is 2.98. The van der Waals surface area contributed by atoms with Gasteiger partial charge in [0, 0.05) is 67.2 Å². The van der Waals surface area contributed by atoms with E-state index in [4.69, 9.17) is 18.6 Å². The number of hydrogen-bond donors (Lipinski definition) is 2. The minimum Gasteiger partial charge on any atom is -0.365 e. The molecule has 0 unspecified atom stereocenters. The lowest BCUT2D eigenvalue weighted by atomic mass is 10.1. The van der Waals surface area contributed by atoms with Gasteiger partial charge in [-0.25, -0.2) is 13.2 Å². The molecule has 0 amide bonds. The number of nitrogens with two attached hydrogens (primary N) is 1. The molecule has 352 valence electrons. The van der Waals surface area contributed by atoms with Crippen LogP contribution in [-0.2, 0) is 26.2 Å². The molecule has 66 heavy (non-hydrogen) atoms. The van der Waals surface area contributed by atoms with Crippen molar-refractivity contribution in [1.29, 1.82) is 0 Å². The first-order valence-corrected chi connectivity index (χ1v) is 26.4. The maximum absolute atomic E-state index is 12.7. The van der Waals surface area contributed by atoms with Crippen LogP contribution in [0.1, 0.15) is 41.2 Å². The summed E-state index contributed by atoms with van der Waals surface area (Å²) in [6, 6.07) is 55.7. The molecule has 10 heteroatoms. The lowest BCUT2D eigenvalue weighted by Gasteiger charge is -2.23. The van der Waals surface area contributed by atoms with Gasteiger partial charge in [-0.3, -0.25) is 4.39 Å². The molecule has 0 aliphatic rings. The van der Waals surface area contributed by atoms with E-state index in [0.717, 1.165) is 40.1 Å². The minimum absolute atomic E-state index is 0.181. The molecule has 0 heterocycles. The summed E-state index contributed by atoms with van der Waals surface area (Å²) in [6.07, 6.45) is 11.1. The maximum atomic E-state index is 12.7. The highest BCUT2D eigenvalue weighted by Crippen LogP contribution is 2.21. The SMILES string of the molecule is C#C[Si](C)(C)C.C#Cc1ccc(N(CCF)Cc2ccccc2)cc1.CCCF.FCCN(Cc1ccccc1)c1ccc(Br)cc1.FCCNCc1ccccc1.NCc1ccccc1. The Hall–Kier alpha value is -5.62. The Labute approximate surface area is 403 Å². The predicted molar refractivity (Wildman–Crippen MR) is 282 cm³/mol. The molecule has 0 atom stereocenters. The first-order valence-electron chi connectivity index (χ1n) is 22.1. The Morgan fingerprint density at radius 1 is 0.545 bits per heavy atom. The summed E-state index contributed by atoms with van der Waals surface area (Å²) in [7, 11) is -1.10. The first-order chi connectivity index (χ1) is 32.0. The number of nitrogens with one attached hydrogen (secondary N) is 1. The van der Waals surface area contributed by atoms with E-state index in [0.29, 0.717) is 39.1 Å². The Morgan fingerprint density at radius 3 is 1.21 bits per heavy atom. The van der Waals surface area contributed by atoms with Crippen molar-refractivity contribution in [2.24, 2.45) is 5.73 Å². The van der Waals surface area contributed by atoms with E-state index in [2.05, 4.69) is 64.5 Å². The van der Waals surface area contributed by atoms with E-state index >= 15 is 0 Å². The van der Waals surface area contributed by atoms with Crippen LogP contribution in [0.3, 0.4) is 0 Å². The molecule has 0 aliphatic carbocycles. The van der Waals surface area contributed by atoms with Gasteiger partial charge in [0.15, 0.2) is 0 Å². The fourth-order valence-corrected chi connectivity index (χ4v) is 5.60. The van der Waals surface area contributed by atoms with Crippen LogP contribution in [0.15, 0.2) is 174 Å². The van der Waals surface area contributed by atoms with Gasteiger partial charge in [0.2, 0.25) is 0 Å². The average molecular weight is 982 g/mol. The molecule has 0 spiro atoms. The third kappa shape index (κ3) is 29.0. The summed E-state index contributed by atoms with van der Waals surface area (Å²) < 4.78 is 48.8. The molecule has 6 rings (SSSR count). The summed E-state index contributed by atoms with van der Waals surface area (Å²) in [6.45, 7) is 11.1. The van der Waals surface area contributed by atoms with E-state index < -0.39 is 8.07 Å². The van der Waals surface area contributed by atoms with Crippen molar-refractivity contribution in [3.63, 3.8) is 0 Å². The zero-order valence-electron chi connectivity index (χ0n) is 39.2. The third-order valence-corrected chi connectivity index (χ3v) is 10.3. The normalized spacial score (nSPS) is 9.82. The Balaban J connectivity index is 0.000000426. The zero-order valence-corrected chi connectivity index (χ0v) is 41.8. The summed E-state index contributed by atoms with van der Waals surface area (Å²) in [5.74, 6) is 2.58. The van der Waals surface area contributed by atoms with Gasteiger partial charge >= 0.3 is 0 Å². The standard InChI is InChI=1S/C17H16FN.C15H15BrFN.C9H12FN.C7H9N.C5H10Si.C3H7F/c1-2-15-8-10-17(11-9-15)19(13-12-18)14-16-6-4-3-5-7-16;16-14-6-8-15(9-7-14)18(11-10-17)12-13-4-2-1-3-5-13;10-6-7-11-8-9-4-2-1-3-5-9;8-6-7-4-2-1-3-5-7;1-5-6(2,3)4;1-2-3-4/h1,3-11H,12-14H2;1-9H,10-12H2;1-5,11H,6-8H2;1-5H,6,8H2;1H,2-4H3;2-3H2,1H3. The van der Waals surface area contributed by atoms with Gasteiger partial charge in [-0.15, -0.1) is 18.4 Å². The summed E-state index contributed by atoms with van der Waals surface area (Å²) >= 11 is 3.41. The van der Waals surface area contributed by atoms with Crippen molar-refractivity contribution in [3.8, 4) is 24.3 Å². The minimum atomic E-state index is -1.10. The maximum Gasteiger partial charge on any atom is 0.128 e. The fraction of sp³-hybridized carbons (Fsp3) is 0.286. The number of benzene rings is 6. The highest BCUT2D eigenvalue weighted by Gasteiger charge is 2.08. The van der Waals surface area contributed by atoms with Crippen LogP contribution >= 0.6 is 15.9 Å². The quantitative estimate of drug-likeness (QED) is 0.0439. The van der Waals surface area contributed by atoms with Gasteiger partial charge < -0.3 is 20.9 Å². The van der Waals surface area contributed by atoms with Gasteiger partial charge in [-0.05, 0) is 77.2 Å². The molecule has 0 aliphatic heterocycles. The van der Waals surface area contributed by atoms with Crippen molar-refractivity contribution in [3.05, 3.63) is 202 Å². The van der Waals surface area contributed by atoms with Crippen LogP contribution in [0.5, 0.6) is 0 Å². The second-order valence-electron chi connectivity index (χ2n) is 15.5. The Morgan fingerprint density at radius 2 is 0.909 bits per heavy atom. The smallest absolute Gasteiger partial charge is 0.128 e. The van der Waals surface area contributed by atoms with Crippen molar-refractivity contribution in [2.45, 2.75) is 59.2 Å². The molecule has 0 fully saturated rings. The predicted octanol–water partition coefficient (Wildman–Crippen LogP) is 13.8. The van der Waals surface area contributed by atoms with Crippen molar-refractivity contribution in [1.82, 2.24) is 5.32 Å². The molecule has 0 bridgehead atoms. The van der Waals surface area contributed by atoms with Gasteiger partial charge in [0.25, 0.3) is 0 Å². The number of anilines is 2.